The Kier molecular flexibility index (Phi) is 6.26. The van der Waals surface area contributed by atoms with Gasteiger partial charge in [-0.2, -0.15) is 5.10 Å². The summed E-state index contributed by atoms with van der Waals surface area (Å²) in [5.74, 6) is 0.0513. The van der Waals surface area contributed by atoms with Gasteiger partial charge in [0.15, 0.2) is 0 Å². The summed E-state index contributed by atoms with van der Waals surface area (Å²) in [6.07, 6.45) is 0.864. The van der Waals surface area contributed by atoms with Gasteiger partial charge in [0.1, 0.15) is 17.1 Å². The molecular formula is C25H28ClN3O3. The fraction of sp³-hybridized carbons (Fsp3) is 0.360. The molecule has 1 aliphatic heterocycles. The van der Waals surface area contributed by atoms with Crippen molar-refractivity contribution in [3.05, 3.63) is 69.4 Å². The number of aryl methyl sites for hydroxylation is 2. The molecule has 3 aromatic rings. The van der Waals surface area contributed by atoms with E-state index in [9.17, 15) is 9.90 Å². The van der Waals surface area contributed by atoms with Crippen molar-refractivity contribution < 1.29 is 14.6 Å². The first kappa shape index (κ1) is 22.4. The van der Waals surface area contributed by atoms with Gasteiger partial charge in [-0.25, -0.2) is 0 Å². The van der Waals surface area contributed by atoms with Crippen molar-refractivity contribution in [3.63, 3.8) is 0 Å². The van der Waals surface area contributed by atoms with Gasteiger partial charge in [0.25, 0.3) is 5.91 Å². The Hall–Kier alpha value is -2.83. The van der Waals surface area contributed by atoms with E-state index in [0.717, 1.165) is 28.7 Å². The quantitative estimate of drug-likeness (QED) is 0.468. The Morgan fingerprint density at radius 2 is 1.94 bits per heavy atom. The Balaban J connectivity index is 1.79. The zero-order valence-corrected chi connectivity index (χ0v) is 19.5. The van der Waals surface area contributed by atoms with E-state index in [1.165, 1.54) is 0 Å². The lowest BCUT2D eigenvalue weighted by Crippen LogP contribution is -2.31. The number of nitrogens with one attached hydrogen (secondary N) is 1. The average Bonchev–Trinajstić information content (AvgIpc) is 3.25. The predicted octanol–water partition coefficient (Wildman–Crippen LogP) is 5.41. The summed E-state index contributed by atoms with van der Waals surface area (Å²) in [5.41, 5.74) is 5.30. The van der Waals surface area contributed by atoms with Crippen molar-refractivity contribution in [1.29, 1.82) is 0 Å². The molecule has 168 valence electrons. The molecular weight excluding hydrogens is 426 g/mol. The number of hydrogen-bond donors (Lipinski definition) is 2. The number of H-pyrrole nitrogens is 1. The van der Waals surface area contributed by atoms with Gasteiger partial charge in [-0.1, -0.05) is 29.8 Å². The van der Waals surface area contributed by atoms with E-state index >= 15 is 0 Å². The molecule has 1 unspecified atom stereocenters. The van der Waals surface area contributed by atoms with Gasteiger partial charge >= 0.3 is 0 Å². The number of hydrogen-bond acceptors (Lipinski definition) is 4. The van der Waals surface area contributed by atoms with Crippen LogP contribution >= 0.6 is 11.6 Å². The van der Waals surface area contributed by atoms with Crippen LogP contribution in [0.4, 0.5) is 0 Å². The Morgan fingerprint density at radius 1 is 1.22 bits per heavy atom. The van der Waals surface area contributed by atoms with Gasteiger partial charge < -0.3 is 14.7 Å². The minimum atomic E-state index is -0.331. The van der Waals surface area contributed by atoms with Crippen LogP contribution in [0.25, 0.3) is 11.3 Å². The molecule has 1 amide bonds. The van der Waals surface area contributed by atoms with Gasteiger partial charge in [0, 0.05) is 29.3 Å². The zero-order chi connectivity index (χ0) is 23.0. The molecule has 2 heterocycles. The number of rotatable bonds is 7. The highest BCUT2D eigenvalue weighted by atomic mass is 35.5. The van der Waals surface area contributed by atoms with E-state index in [-0.39, 0.29) is 23.8 Å². The minimum Gasteiger partial charge on any atom is -0.507 e. The lowest BCUT2D eigenvalue weighted by Gasteiger charge is -2.27. The minimum absolute atomic E-state index is 0.104. The Labute approximate surface area is 193 Å². The fourth-order valence-electron chi connectivity index (χ4n) is 4.42. The Bertz CT molecular complexity index is 1110. The third-order valence-electron chi connectivity index (χ3n) is 5.74. The first-order chi connectivity index (χ1) is 15.3. The number of aromatic hydroxyl groups is 1. The molecule has 1 aliphatic rings. The summed E-state index contributed by atoms with van der Waals surface area (Å²) in [6.45, 7) is 8.99. The molecule has 7 heteroatoms. The van der Waals surface area contributed by atoms with E-state index < -0.39 is 0 Å². The van der Waals surface area contributed by atoms with Crippen LogP contribution in [0.15, 0.2) is 36.4 Å². The average molecular weight is 454 g/mol. The molecule has 0 radical (unpaired) electrons. The highest BCUT2D eigenvalue weighted by molar-refractivity contribution is 6.30. The van der Waals surface area contributed by atoms with E-state index in [0.29, 0.717) is 35.1 Å². The number of carbonyl (C=O) groups excluding carboxylic acids is 1. The van der Waals surface area contributed by atoms with Crippen molar-refractivity contribution >= 4 is 17.5 Å². The zero-order valence-electron chi connectivity index (χ0n) is 18.8. The predicted molar refractivity (Wildman–Crippen MR) is 125 cm³/mol. The van der Waals surface area contributed by atoms with Crippen molar-refractivity contribution in [2.24, 2.45) is 0 Å². The van der Waals surface area contributed by atoms with Crippen LogP contribution in [0, 0.1) is 13.8 Å². The van der Waals surface area contributed by atoms with Crippen LogP contribution in [0.5, 0.6) is 5.75 Å². The number of phenolic OH excluding ortho intramolecular Hbond substituents is 1. The smallest absolute Gasteiger partial charge is 0.273 e. The van der Waals surface area contributed by atoms with Crippen LogP contribution in [-0.4, -0.2) is 45.4 Å². The number of ether oxygens (including phenoxy) is 1. The summed E-state index contributed by atoms with van der Waals surface area (Å²) in [5, 5.41) is 18.8. The summed E-state index contributed by atoms with van der Waals surface area (Å²) >= 11 is 6.13. The third kappa shape index (κ3) is 4.12. The molecule has 32 heavy (non-hydrogen) atoms. The first-order valence-corrected chi connectivity index (χ1v) is 11.2. The number of fused-ring (bicyclic) bond motifs is 1. The van der Waals surface area contributed by atoms with Gasteiger partial charge in [-0.05, 0) is 69.0 Å². The fourth-order valence-corrected chi connectivity index (χ4v) is 4.54. The van der Waals surface area contributed by atoms with E-state index in [4.69, 9.17) is 16.3 Å². The standard InChI is InChI=1S/C25H28ClN3O3/c1-14(2)32-11-5-10-29-24(17-6-8-18(26)9-7-17)21-22(27-28-23(21)25(29)31)20-16(4)12-15(3)13-19(20)30/h6-9,12-14,24,30H,5,10-11H2,1-4H3,(H,27,28). The second-order valence-corrected chi connectivity index (χ2v) is 9.00. The summed E-state index contributed by atoms with van der Waals surface area (Å²) < 4.78 is 5.68. The van der Waals surface area contributed by atoms with Crippen LogP contribution < -0.4 is 0 Å². The molecule has 2 N–H and O–H groups in total. The number of carbonyl (C=O) groups is 1. The summed E-state index contributed by atoms with van der Waals surface area (Å²) in [4.78, 5) is 15.2. The molecule has 0 saturated carbocycles. The maximum absolute atomic E-state index is 13.4. The number of halogens is 1. The largest absolute Gasteiger partial charge is 0.507 e. The van der Waals surface area contributed by atoms with Crippen molar-refractivity contribution in [3.8, 4) is 17.0 Å². The second-order valence-electron chi connectivity index (χ2n) is 8.56. The second kappa shape index (κ2) is 8.96. The lowest BCUT2D eigenvalue weighted by molar-refractivity contribution is 0.0601. The lowest BCUT2D eigenvalue weighted by atomic mass is 9.93. The topological polar surface area (TPSA) is 78.5 Å². The van der Waals surface area contributed by atoms with E-state index in [1.807, 2.05) is 62.9 Å². The van der Waals surface area contributed by atoms with Crippen molar-refractivity contribution in [2.75, 3.05) is 13.2 Å². The van der Waals surface area contributed by atoms with E-state index in [1.54, 1.807) is 6.07 Å². The van der Waals surface area contributed by atoms with Gasteiger partial charge in [0.2, 0.25) is 0 Å². The molecule has 1 atom stereocenters. The van der Waals surface area contributed by atoms with Gasteiger partial charge in [-0.3, -0.25) is 9.89 Å². The van der Waals surface area contributed by atoms with Gasteiger partial charge in [0.05, 0.1) is 12.1 Å². The van der Waals surface area contributed by atoms with Crippen molar-refractivity contribution in [1.82, 2.24) is 15.1 Å². The monoisotopic (exact) mass is 453 g/mol. The maximum atomic E-state index is 13.4. The van der Waals surface area contributed by atoms with Crippen LogP contribution in [0.2, 0.25) is 5.02 Å². The highest BCUT2D eigenvalue weighted by Crippen LogP contribution is 2.45. The van der Waals surface area contributed by atoms with Crippen molar-refractivity contribution in [2.45, 2.75) is 46.3 Å². The molecule has 2 aromatic carbocycles. The molecule has 0 saturated heterocycles. The molecule has 0 bridgehead atoms. The number of aromatic amines is 1. The number of nitrogens with zero attached hydrogens (tertiary/aromatic N) is 2. The molecule has 0 aliphatic carbocycles. The molecule has 4 rings (SSSR count). The maximum Gasteiger partial charge on any atom is 0.273 e. The van der Waals surface area contributed by atoms with E-state index in [2.05, 4.69) is 10.2 Å². The number of aromatic nitrogens is 2. The number of benzene rings is 2. The molecule has 0 fully saturated rings. The summed E-state index contributed by atoms with van der Waals surface area (Å²) in [6, 6.07) is 10.9. The van der Waals surface area contributed by atoms with Crippen LogP contribution in [-0.2, 0) is 4.74 Å². The van der Waals surface area contributed by atoms with Crippen LogP contribution in [0.3, 0.4) is 0 Å². The Morgan fingerprint density at radius 3 is 2.59 bits per heavy atom. The highest BCUT2D eigenvalue weighted by Gasteiger charge is 2.42. The SMILES string of the molecule is Cc1cc(C)c(-c2n[nH]c3c2C(c2ccc(Cl)cc2)N(CCCOC(C)C)C3=O)c(O)c1. The number of amides is 1. The first-order valence-electron chi connectivity index (χ1n) is 10.8. The van der Waals surface area contributed by atoms with Gasteiger partial charge in [-0.15, -0.1) is 0 Å². The molecule has 1 aromatic heterocycles. The van der Waals surface area contributed by atoms with Crippen LogP contribution in [0.1, 0.15) is 59.1 Å². The normalized spacial score (nSPS) is 15.6. The molecule has 6 nitrogen and oxygen atoms in total. The molecule has 0 spiro atoms. The third-order valence-corrected chi connectivity index (χ3v) is 5.99. The number of phenols is 1. The summed E-state index contributed by atoms with van der Waals surface area (Å²) in [7, 11) is 0.